The summed E-state index contributed by atoms with van der Waals surface area (Å²) in [7, 11) is 2.60. The van der Waals surface area contributed by atoms with Crippen LogP contribution in [0.3, 0.4) is 0 Å². The topological polar surface area (TPSA) is 188 Å². The van der Waals surface area contributed by atoms with Gasteiger partial charge in [0.15, 0.2) is 0 Å². The highest BCUT2D eigenvalue weighted by Gasteiger charge is 2.58. The number of hydrogen-bond donors (Lipinski definition) is 4. The van der Waals surface area contributed by atoms with E-state index < -0.39 is 35.3 Å². The van der Waals surface area contributed by atoms with Crippen molar-refractivity contribution in [1.82, 2.24) is 40.4 Å². The molecule has 61 heavy (non-hydrogen) atoms. The normalized spacial score (nSPS) is 23.9. The number of likely N-dealkylation sites (tertiary alicyclic amines) is 2. The highest BCUT2D eigenvalue weighted by molar-refractivity contribution is 6.01. The molecule has 2 aliphatic carbocycles. The van der Waals surface area contributed by atoms with Gasteiger partial charge in [-0.3, -0.25) is 9.59 Å². The summed E-state index contributed by atoms with van der Waals surface area (Å²) in [4.78, 5) is 73.3. The number of hydrogen-bond acceptors (Lipinski definition) is 9. The van der Waals surface area contributed by atoms with Gasteiger partial charge in [-0.25, -0.2) is 19.6 Å². The second-order valence-corrected chi connectivity index (χ2v) is 18.1. The van der Waals surface area contributed by atoms with Gasteiger partial charge in [0.2, 0.25) is 11.8 Å². The molecule has 2 saturated heterocycles. The second-order valence-electron chi connectivity index (χ2n) is 18.1. The van der Waals surface area contributed by atoms with E-state index in [0.29, 0.717) is 30.5 Å². The number of nitrogens with zero attached hydrogens (tertiary/aromatic N) is 4. The first-order chi connectivity index (χ1) is 29.3. The standard InChI is InChI=1S/C46H54N8O7/c1-25(2)36(51-43(57)59-5)39(55)53-23-27-13-16-45(53,19-27)41-47-21-34(49-41)30-9-7-29(8-10-30)31-11-12-33(38-32(31)15-18-61-38)35-22-48-42(50-35)46-17-14-28(20-46)24-54(46)40(56)37(26(3)4)52-44(58)60-6/h7-12,15,18,21-22,25-28,36-37H,13-14,16-17,19-20,23-24H2,1-6H3,(H,47,49)(H,48,50)(H,51,57)(H,52,58)/t27?,28?,36-,37-,45?,46?/m0/s1. The van der Waals surface area contributed by atoms with Crippen molar-refractivity contribution in [2.24, 2.45) is 23.7 Å². The van der Waals surface area contributed by atoms with Gasteiger partial charge in [-0.1, -0.05) is 58.0 Å². The van der Waals surface area contributed by atoms with Gasteiger partial charge in [0.1, 0.15) is 40.4 Å². The Bertz CT molecular complexity index is 2490. The molecule has 320 valence electrons. The number of alkyl carbamates (subject to hydrolysis) is 2. The third-order valence-electron chi connectivity index (χ3n) is 13.8. The highest BCUT2D eigenvalue weighted by atomic mass is 16.5. The maximum Gasteiger partial charge on any atom is 0.407 e. The Morgan fingerprint density at radius 2 is 1.20 bits per heavy atom. The van der Waals surface area contributed by atoms with Crippen LogP contribution in [0, 0.1) is 23.7 Å². The molecule has 4 N–H and O–H groups in total. The Morgan fingerprint density at radius 3 is 1.70 bits per heavy atom. The number of H-pyrrole nitrogens is 2. The van der Waals surface area contributed by atoms with Crippen molar-refractivity contribution in [1.29, 1.82) is 0 Å². The zero-order chi connectivity index (χ0) is 42.8. The Morgan fingerprint density at radius 1 is 0.705 bits per heavy atom. The van der Waals surface area contributed by atoms with Crippen LogP contribution in [-0.2, 0) is 30.1 Å². The van der Waals surface area contributed by atoms with Gasteiger partial charge in [0.25, 0.3) is 0 Å². The Labute approximate surface area is 354 Å². The van der Waals surface area contributed by atoms with Gasteiger partial charge in [-0.2, -0.15) is 0 Å². The lowest BCUT2D eigenvalue weighted by atomic mass is 9.93. The van der Waals surface area contributed by atoms with Crippen molar-refractivity contribution in [2.45, 2.75) is 89.4 Å². The van der Waals surface area contributed by atoms with Crippen LogP contribution in [0.4, 0.5) is 9.59 Å². The van der Waals surface area contributed by atoms with E-state index in [2.05, 4.69) is 50.9 Å². The van der Waals surface area contributed by atoms with Gasteiger partial charge in [-0.15, -0.1) is 0 Å². The molecule has 2 saturated carbocycles. The number of carbonyl (C=O) groups is 4. The lowest BCUT2D eigenvalue weighted by molar-refractivity contribution is -0.141. The molecule has 4 bridgehead atoms. The van der Waals surface area contributed by atoms with E-state index in [9.17, 15) is 19.2 Å². The minimum absolute atomic E-state index is 0.112. The number of fused-ring (bicyclic) bond motifs is 5. The minimum atomic E-state index is -0.712. The van der Waals surface area contributed by atoms with E-state index in [1.807, 2.05) is 62.0 Å². The summed E-state index contributed by atoms with van der Waals surface area (Å²) >= 11 is 0. The summed E-state index contributed by atoms with van der Waals surface area (Å²) in [5, 5.41) is 6.46. The Balaban J connectivity index is 0.950. The summed E-state index contributed by atoms with van der Waals surface area (Å²) in [6.07, 6.45) is 9.53. The summed E-state index contributed by atoms with van der Waals surface area (Å²) in [5.74, 6) is 1.79. The molecule has 4 amide bonds. The van der Waals surface area contributed by atoms with Gasteiger partial charge >= 0.3 is 12.2 Å². The van der Waals surface area contributed by atoms with Crippen LogP contribution in [0.15, 0.2) is 65.5 Å². The number of benzene rings is 2. The maximum absolute atomic E-state index is 14.1. The minimum Gasteiger partial charge on any atom is -0.464 e. The van der Waals surface area contributed by atoms with E-state index in [1.165, 1.54) is 14.2 Å². The average molecular weight is 831 g/mol. The smallest absolute Gasteiger partial charge is 0.407 e. The first-order valence-corrected chi connectivity index (χ1v) is 21.4. The summed E-state index contributed by atoms with van der Waals surface area (Å²) in [6, 6.07) is 13.0. The lowest BCUT2D eigenvalue weighted by Crippen LogP contribution is -2.56. The van der Waals surface area contributed by atoms with Crippen molar-refractivity contribution >= 4 is 35.0 Å². The quantitative estimate of drug-likeness (QED) is 0.106. The van der Waals surface area contributed by atoms with Crippen LogP contribution in [0.1, 0.15) is 77.9 Å². The molecule has 0 radical (unpaired) electrons. The second kappa shape index (κ2) is 15.4. The summed E-state index contributed by atoms with van der Waals surface area (Å²) in [5.41, 5.74) is 4.90. The number of methoxy groups -OCH3 is 2. The fourth-order valence-corrected chi connectivity index (χ4v) is 10.7. The third-order valence-corrected chi connectivity index (χ3v) is 13.8. The fourth-order valence-electron chi connectivity index (χ4n) is 10.7. The number of piperidine rings is 2. The predicted octanol–water partition coefficient (Wildman–Crippen LogP) is 7.32. The first-order valence-electron chi connectivity index (χ1n) is 21.4. The van der Waals surface area contributed by atoms with E-state index in [1.54, 1.807) is 6.26 Å². The fraction of sp³-hybridized carbons (Fsp3) is 0.478. The molecule has 15 nitrogen and oxygen atoms in total. The zero-order valence-electron chi connectivity index (χ0n) is 35.5. The number of furan rings is 1. The molecular formula is C46H54N8O7. The van der Waals surface area contributed by atoms with Crippen molar-refractivity contribution in [2.75, 3.05) is 27.3 Å². The van der Waals surface area contributed by atoms with E-state index in [-0.39, 0.29) is 23.7 Å². The predicted molar refractivity (Wildman–Crippen MR) is 227 cm³/mol. The molecule has 3 aromatic heterocycles. The van der Waals surface area contributed by atoms with Gasteiger partial charge in [0.05, 0.1) is 31.9 Å². The number of nitrogens with one attached hydrogen (secondary N) is 4. The molecule has 5 heterocycles. The monoisotopic (exact) mass is 830 g/mol. The van der Waals surface area contributed by atoms with Gasteiger partial charge < -0.3 is 44.3 Å². The van der Waals surface area contributed by atoms with E-state index in [0.717, 1.165) is 89.2 Å². The molecule has 2 aromatic carbocycles. The van der Waals surface area contributed by atoms with Crippen LogP contribution >= 0.6 is 0 Å². The average Bonchev–Trinajstić information content (AvgIpc) is 4.13. The maximum atomic E-state index is 14.1. The molecule has 4 unspecified atom stereocenters. The van der Waals surface area contributed by atoms with E-state index in [4.69, 9.17) is 23.9 Å². The van der Waals surface area contributed by atoms with Crippen molar-refractivity contribution in [3.8, 4) is 33.6 Å². The first kappa shape index (κ1) is 40.3. The molecule has 9 rings (SSSR count). The molecule has 15 heteroatoms. The van der Waals surface area contributed by atoms with Gasteiger partial charge in [-0.05, 0) is 85.5 Å². The summed E-state index contributed by atoms with van der Waals surface area (Å²) < 4.78 is 15.8. The van der Waals surface area contributed by atoms with Crippen LogP contribution in [0.5, 0.6) is 0 Å². The molecule has 4 aliphatic rings. The van der Waals surface area contributed by atoms with Crippen molar-refractivity contribution < 1.29 is 33.1 Å². The largest absolute Gasteiger partial charge is 0.464 e. The van der Waals surface area contributed by atoms with Crippen LogP contribution in [-0.4, -0.2) is 93.1 Å². The molecule has 4 fully saturated rings. The number of amides is 4. The zero-order valence-corrected chi connectivity index (χ0v) is 35.5. The van der Waals surface area contributed by atoms with E-state index >= 15 is 0 Å². The number of aromatic nitrogens is 4. The SMILES string of the molecule is COC(=O)N[C@H](C(=O)N1CC2CCC1(c1nc(-c3ccc(-c4ccc(-c5c[nH]c(C67CCC(CN6C(=O)[C@@H](NC(=O)OC)C(C)C)C7)n5)c5occc45)cc3)c[nH]1)C2)C(C)C. The molecule has 6 atom stereocenters. The lowest BCUT2D eigenvalue weighted by Gasteiger charge is -2.40. The van der Waals surface area contributed by atoms with Crippen LogP contribution in [0.2, 0.25) is 0 Å². The number of ether oxygens (including phenoxy) is 2. The number of carbonyl (C=O) groups excluding carboxylic acids is 4. The van der Waals surface area contributed by atoms with Crippen LogP contribution < -0.4 is 10.6 Å². The molecular weight excluding hydrogens is 777 g/mol. The van der Waals surface area contributed by atoms with Gasteiger partial charge in [0, 0.05) is 42.0 Å². The van der Waals surface area contributed by atoms with Crippen molar-refractivity contribution in [3.05, 3.63) is 72.8 Å². The number of imidazole rings is 2. The third kappa shape index (κ3) is 6.72. The van der Waals surface area contributed by atoms with Crippen molar-refractivity contribution in [3.63, 3.8) is 0 Å². The number of aromatic amines is 2. The Kier molecular flexibility index (Phi) is 10.2. The summed E-state index contributed by atoms with van der Waals surface area (Å²) in [6.45, 7) is 8.94. The Hall–Kier alpha value is -6.12. The molecule has 5 aromatic rings. The highest BCUT2D eigenvalue weighted by Crippen LogP contribution is 2.54. The number of rotatable bonds is 11. The molecule has 0 spiro atoms. The molecule has 2 aliphatic heterocycles. The van der Waals surface area contributed by atoms with Crippen LogP contribution in [0.25, 0.3) is 44.6 Å².